The maximum Gasteiger partial charge on any atom is 0.261 e. The van der Waals surface area contributed by atoms with Gasteiger partial charge in [0.2, 0.25) is 5.91 Å². The monoisotopic (exact) mass is 372 g/mol. The molecular weight excluding hydrogens is 348 g/mol. The van der Waals surface area contributed by atoms with Gasteiger partial charge in [-0.15, -0.1) is 0 Å². The highest BCUT2D eigenvalue weighted by Gasteiger charge is 2.22. The van der Waals surface area contributed by atoms with Gasteiger partial charge in [0.05, 0.1) is 10.6 Å². The van der Waals surface area contributed by atoms with Crippen LogP contribution in [0.4, 0.5) is 11.4 Å². The summed E-state index contributed by atoms with van der Waals surface area (Å²) in [5, 5.41) is 0. The Hall–Kier alpha value is -2.34. The predicted molar refractivity (Wildman–Crippen MR) is 104 cm³/mol. The molecule has 0 radical (unpaired) electrons. The molecule has 1 atom stereocenters. The van der Waals surface area contributed by atoms with Gasteiger partial charge in [0.25, 0.3) is 10.0 Å². The molecule has 1 amide bonds. The van der Waals surface area contributed by atoms with Crippen LogP contribution in [0.2, 0.25) is 0 Å². The van der Waals surface area contributed by atoms with Gasteiger partial charge in [0, 0.05) is 18.7 Å². The minimum Gasteiger partial charge on any atom is -0.312 e. The number of hydrogen-bond donors (Lipinski definition) is 1. The molecule has 1 saturated heterocycles. The molecule has 1 heterocycles. The normalized spacial score (nSPS) is 15.9. The molecule has 2 aromatic rings. The highest BCUT2D eigenvalue weighted by Crippen LogP contribution is 2.26. The summed E-state index contributed by atoms with van der Waals surface area (Å²) in [6.45, 7) is 4.90. The Labute approximate surface area is 155 Å². The van der Waals surface area contributed by atoms with E-state index in [1.165, 1.54) is 0 Å². The van der Waals surface area contributed by atoms with Crippen molar-refractivity contribution >= 4 is 27.3 Å². The van der Waals surface area contributed by atoms with Gasteiger partial charge in [0.1, 0.15) is 0 Å². The molecule has 1 fully saturated rings. The first-order valence-electron chi connectivity index (χ1n) is 8.94. The molecule has 1 aliphatic rings. The Balaban J connectivity index is 1.80. The highest BCUT2D eigenvalue weighted by atomic mass is 32.2. The van der Waals surface area contributed by atoms with Crippen LogP contribution in [-0.2, 0) is 14.8 Å². The number of anilines is 2. The van der Waals surface area contributed by atoms with Gasteiger partial charge in [-0.05, 0) is 54.7 Å². The molecule has 1 N–H and O–H groups in total. The van der Waals surface area contributed by atoms with E-state index in [1.54, 1.807) is 35.2 Å². The van der Waals surface area contributed by atoms with Gasteiger partial charge in [-0.3, -0.25) is 9.52 Å². The fourth-order valence-electron chi connectivity index (χ4n) is 3.08. The van der Waals surface area contributed by atoms with Crippen molar-refractivity contribution in [2.24, 2.45) is 0 Å². The maximum absolute atomic E-state index is 12.7. The molecule has 138 valence electrons. The van der Waals surface area contributed by atoms with Crippen molar-refractivity contribution in [3.05, 3.63) is 54.1 Å². The predicted octanol–water partition coefficient (Wildman–Crippen LogP) is 4.13. The zero-order chi connectivity index (χ0) is 18.7. The van der Waals surface area contributed by atoms with E-state index in [9.17, 15) is 13.2 Å². The van der Waals surface area contributed by atoms with Crippen LogP contribution >= 0.6 is 0 Å². The standard InChI is InChI=1S/C20H24N2O3S/c1-3-15(2)16-9-11-19(12-10-16)26(24,25)21-17-6-4-7-18(14-17)22-13-5-8-20(22)23/h4,6-7,9-12,14-15,21H,3,5,8,13H2,1-2H3. The summed E-state index contributed by atoms with van der Waals surface area (Å²) >= 11 is 0. The van der Waals surface area contributed by atoms with Crippen LogP contribution in [0.15, 0.2) is 53.4 Å². The van der Waals surface area contributed by atoms with Gasteiger partial charge in [-0.25, -0.2) is 8.42 Å². The lowest BCUT2D eigenvalue weighted by Crippen LogP contribution is -2.23. The van der Waals surface area contributed by atoms with Gasteiger partial charge in [0.15, 0.2) is 0 Å². The number of sulfonamides is 1. The summed E-state index contributed by atoms with van der Waals surface area (Å²) in [4.78, 5) is 13.8. The molecule has 0 bridgehead atoms. The number of benzene rings is 2. The van der Waals surface area contributed by atoms with Crippen LogP contribution in [0.1, 0.15) is 44.6 Å². The molecule has 1 aliphatic heterocycles. The highest BCUT2D eigenvalue weighted by molar-refractivity contribution is 7.92. The van der Waals surface area contributed by atoms with Crippen molar-refractivity contribution in [1.82, 2.24) is 0 Å². The third-order valence-corrected chi connectivity index (χ3v) is 6.25. The summed E-state index contributed by atoms with van der Waals surface area (Å²) in [5.41, 5.74) is 2.30. The summed E-state index contributed by atoms with van der Waals surface area (Å²) in [6, 6.07) is 14.0. The first-order chi connectivity index (χ1) is 12.4. The second-order valence-electron chi connectivity index (χ2n) is 6.68. The van der Waals surface area contributed by atoms with Crippen molar-refractivity contribution in [3.63, 3.8) is 0 Å². The van der Waals surface area contributed by atoms with Crippen molar-refractivity contribution in [2.75, 3.05) is 16.2 Å². The van der Waals surface area contributed by atoms with Crippen LogP contribution < -0.4 is 9.62 Å². The molecule has 1 unspecified atom stereocenters. The molecule has 0 aromatic heterocycles. The second-order valence-corrected chi connectivity index (χ2v) is 8.37. The van der Waals surface area contributed by atoms with Gasteiger partial charge >= 0.3 is 0 Å². The van der Waals surface area contributed by atoms with Crippen LogP contribution in [0.5, 0.6) is 0 Å². The van der Waals surface area contributed by atoms with Crippen LogP contribution in [-0.4, -0.2) is 20.9 Å². The Morgan fingerprint density at radius 1 is 1.15 bits per heavy atom. The van der Waals surface area contributed by atoms with E-state index >= 15 is 0 Å². The van der Waals surface area contributed by atoms with Crippen molar-refractivity contribution < 1.29 is 13.2 Å². The molecule has 0 aliphatic carbocycles. The minimum atomic E-state index is -3.67. The fourth-order valence-corrected chi connectivity index (χ4v) is 4.13. The molecule has 0 spiro atoms. The molecule has 0 saturated carbocycles. The fraction of sp³-hybridized carbons (Fsp3) is 0.350. The van der Waals surface area contributed by atoms with Gasteiger partial charge in [-0.1, -0.05) is 32.0 Å². The number of nitrogens with zero attached hydrogens (tertiary/aromatic N) is 1. The molecule has 3 rings (SSSR count). The van der Waals surface area contributed by atoms with Crippen LogP contribution in [0.25, 0.3) is 0 Å². The van der Waals surface area contributed by atoms with E-state index in [4.69, 9.17) is 0 Å². The number of hydrogen-bond acceptors (Lipinski definition) is 3. The van der Waals surface area contributed by atoms with Gasteiger partial charge < -0.3 is 4.90 Å². The summed E-state index contributed by atoms with van der Waals surface area (Å²) in [6.07, 6.45) is 2.38. The SMILES string of the molecule is CCC(C)c1ccc(S(=O)(=O)Nc2cccc(N3CCCC3=O)c2)cc1. The smallest absolute Gasteiger partial charge is 0.261 e. The summed E-state index contributed by atoms with van der Waals surface area (Å²) in [7, 11) is -3.67. The zero-order valence-electron chi connectivity index (χ0n) is 15.1. The first kappa shape index (κ1) is 18.5. The summed E-state index contributed by atoms with van der Waals surface area (Å²) < 4.78 is 27.9. The van der Waals surface area contributed by atoms with E-state index in [1.807, 2.05) is 18.2 Å². The molecule has 6 heteroatoms. The quantitative estimate of drug-likeness (QED) is 0.829. The number of rotatable bonds is 6. The second kappa shape index (κ2) is 7.50. The van der Waals surface area contributed by atoms with Crippen LogP contribution in [0, 0.1) is 0 Å². The van der Waals surface area contributed by atoms with E-state index in [2.05, 4.69) is 18.6 Å². The Bertz CT molecular complexity index is 892. The van der Waals surface area contributed by atoms with Crippen molar-refractivity contribution in [3.8, 4) is 0 Å². The Kier molecular flexibility index (Phi) is 5.32. The maximum atomic E-state index is 12.7. The molecule has 2 aromatic carbocycles. The lowest BCUT2D eigenvalue weighted by Gasteiger charge is -2.17. The van der Waals surface area contributed by atoms with E-state index in [0.717, 1.165) is 24.1 Å². The zero-order valence-corrected chi connectivity index (χ0v) is 15.9. The van der Waals surface area contributed by atoms with Gasteiger partial charge in [-0.2, -0.15) is 0 Å². The third kappa shape index (κ3) is 3.90. The Morgan fingerprint density at radius 3 is 2.50 bits per heavy atom. The topological polar surface area (TPSA) is 66.5 Å². The molecular formula is C20H24N2O3S. The van der Waals surface area contributed by atoms with E-state index in [0.29, 0.717) is 24.6 Å². The van der Waals surface area contributed by atoms with E-state index < -0.39 is 10.0 Å². The van der Waals surface area contributed by atoms with Crippen molar-refractivity contribution in [2.45, 2.75) is 43.9 Å². The Morgan fingerprint density at radius 2 is 1.88 bits per heavy atom. The largest absolute Gasteiger partial charge is 0.312 e. The summed E-state index contributed by atoms with van der Waals surface area (Å²) in [5.74, 6) is 0.472. The number of nitrogens with one attached hydrogen (secondary N) is 1. The van der Waals surface area contributed by atoms with Crippen LogP contribution in [0.3, 0.4) is 0 Å². The lowest BCUT2D eigenvalue weighted by atomic mass is 9.99. The average Bonchev–Trinajstić information content (AvgIpc) is 3.07. The molecule has 5 nitrogen and oxygen atoms in total. The average molecular weight is 372 g/mol. The number of amides is 1. The third-order valence-electron chi connectivity index (χ3n) is 4.86. The number of carbonyl (C=O) groups is 1. The first-order valence-corrected chi connectivity index (χ1v) is 10.4. The van der Waals surface area contributed by atoms with Crippen molar-refractivity contribution in [1.29, 1.82) is 0 Å². The lowest BCUT2D eigenvalue weighted by molar-refractivity contribution is -0.117. The number of carbonyl (C=O) groups excluding carboxylic acids is 1. The molecule has 26 heavy (non-hydrogen) atoms. The minimum absolute atomic E-state index is 0.0747. The van der Waals surface area contributed by atoms with E-state index in [-0.39, 0.29) is 10.8 Å².